The molecule has 7 heteroatoms. The molecule has 1 aromatic heterocycles. The third kappa shape index (κ3) is 17.8. The first-order chi connectivity index (χ1) is 23.0. The number of benzene rings is 2. The molecular weight excluding hydrogens is 728 g/mol. The first-order valence-corrected chi connectivity index (χ1v) is 19.3. The molecule has 51 heavy (non-hydrogen) atoms. The summed E-state index contributed by atoms with van der Waals surface area (Å²) in [6, 6.07) is 14.1. The van der Waals surface area contributed by atoms with Crippen molar-refractivity contribution < 1.29 is 55.8 Å². The van der Waals surface area contributed by atoms with Crippen molar-refractivity contribution in [3.05, 3.63) is 86.7 Å². The summed E-state index contributed by atoms with van der Waals surface area (Å²) in [6.07, 6.45) is 25.1. The Labute approximate surface area is 343 Å². The minimum absolute atomic E-state index is 0. The predicted octanol–water partition coefficient (Wildman–Crippen LogP) is 3.96. The summed E-state index contributed by atoms with van der Waals surface area (Å²) in [5.74, 6) is 0. The molecule has 0 N–H and O–H groups in total. The summed E-state index contributed by atoms with van der Waals surface area (Å²) in [4.78, 5) is 15.5. The fourth-order valence-electron chi connectivity index (χ4n) is 6.39. The minimum atomic E-state index is 0. The van der Waals surface area contributed by atoms with Gasteiger partial charge in [0.1, 0.15) is 0 Å². The molecule has 0 aliphatic carbocycles. The van der Waals surface area contributed by atoms with Crippen LogP contribution in [0.2, 0.25) is 0 Å². The first-order valence-electron chi connectivity index (χ1n) is 19.3. The number of aryl methyl sites for hydroxylation is 7. The van der Waals surface area contributed by atoms with Crippen LogP contribution in [-0.2, 0) is 57.1 Å². The molecule has 285 valence electrons. The molecule has 1 radical (unpaired) electrons. The van der Waals surface area contributed by atoms with Gasteiger partial charge in [0.2, 0.25) is 0 Å². The number of aliphatic imine (C=N–C) groups is 2. The third-order valence-electron chi connectivity index (χ3n) is 9.15. The van der Waals surface area contributed by atoms with E-state index in [1.807, 2.05) is 12.4 Å². The van der Waals surface area contributed by atoms with Crippen molar-refractivity contribution in [1.82, 2.24) is 4.98 Å². The van der Waals surface area contributed by atoms with Crippen LogP contribution in [0.4, 0.5) is 11.4 Å². The number of hydrogen-bond donors (Lipinski definition) is 0. The number of aromatic nitrogens is 1. The van der Waals surface area contributed by atoms with Crippen molar-refractivity contribution in [2.75, 3.05) is 0 Å². The van der Waals surface area contributed by atoms with E-state index in [1.165, 1.54) is 127 Å². The Balaban J connectivity index is 0. The average Bonchev–Trinajstić information content (AvgIpc) is 3.07. The predicted molar refractivity (Wildman–Crippen MR) is 208 cm³/mol. The zero-order valence-corrected chi connectivity index (χ0v) is 36.4. The topological polar surface area (TPSA) is 37.6 Å². The molecule has 0 aliphatic heterocycles. The van der Waals surface area contributed by atoms with Crippen molar-refractivity contribution >= 4 is 23.8 Å². The van der Waals surface area contributed by atoms with Crippen molar-refractivity contribution in [2.45, 2.75) is 164 Å². The number of halogens is 3. The molecular formula is C44H65Cl3N3V-3. The van der Waals surface area contributed by atoms with Gasteiger partial charge in [-0.1, -0.05) is 104 Å². The van der Waals surface area contributed by atoms with E-state index in [-0.39, 0.29) is 55.8 Å². The van der Waals surface area contributed by atoms with Crippen LogP contribution in [0.15, 0.2) is 46.4 Å². The molecule has 0 amide bonds. The second kappa shape index (κ2) is 29.8. The Morgan fingerprint density at radius 1 is 0.451 bits per heavy atom. The maximum atomic E-state index is 5.20. The van der Waals surface area contributed by atoms with Gasteiger partial charge in [0.25, 0.3) is 0 Å². The van der Waals surface area contributed by atoms with Crippen LogP contribution in [0.5, 0.6) is 0 Å². The maximum absolute atomic E-state index is 5.20. The number of hydrogen-bond acceptors (Lipinski definition) is 3. The van der Waals surface area contributed by atoms with Crippen LogP contribution >= 0.6 is 0 Å². The van der Waals surface area contributed by atoms with Gasteiger partial charge < -0.3 is 37.2 Å². The van der Waals surface area contributed by atoms with E-state index >= 15 is 0 Å². The van der Waals surface area contributed by atoms with Gasteiger partial charge in [0.05, 0.1) is 35.2 Å². The second-order valence-electron chi connectivity index (χ2n) is 13.7. The van der Waals surface area contributed by atoms with Crippen molar-refractivity contribution in [1.29, 1.82) is 0 Å². The molecule has 0 saturated carbocycles. The monoisotopic (exact) mass is 791 g/mol. The Morgan fingerprint density at radius 2 is 0.725 bits per heavy atom. The summed E-state index contributed by atoms with van der Waals surface area (Å²) < 4.78 is 0. The molecule has 3 nitrogen and oxygen atoms in total. The van der Waals surface area contributed by atoms with Gasteiger partial charge >= 0.3 is 0 Å². The van der Waals surface area contributed by atoms with Crippen LogP contribution < -0.4 is 37.2 Å². The minimum Gasteiger partial charge on any atom is -1.00 e. The smallest absolute Gasteiger partial charge is 0.0823 e. The van der Waals surface area contributed by atoms with Gasteiger partial charge in [-0.2, -0.15) is 0 Å². The summed E-state index contributed by atoms with van der Waals surface area (Å²) >= 11 is 0. The first kappa shape index (κ1) is 51.5. The Hall–Kier alpha value is -1.62. The van der Waals surface area contributed by atoms with E-state index in [4.69, 9.17) is 15.0 Å². The summed E-state index contributed by atoms with van der Waals surface area (Å²) in [5, 5.41) is 0. The molecule has 3 rings (SSSR count). The summed E-state index contributed by atoms with van der Waals surface area (Å²) in [6.45, 7) is 15.8. The maximum Gasteiger partial charge on any atom is 0.0823 e. The van der Waals surface area contributed by atoms with Gasteiger partial charge in [-0.25, -0.2) is 4.98 Å². The molecule has 0 bridgehead atoms. The van der Waals surface area contributed by atoms with Crippen molar-refractivity contribution in [3.63, 3.8) is 0 Å². The Bertz CT molecular complexity index is 1280. The zero-order chi connectivity index (χ0) is 33.9. The van der Waals surface area contributed by atoms with Gasteiger partial charge in [-0.3, -0.25) is 9.98 Å². The van der Waals surface area contributed by atoms with E-state index in [2.05, 4.69) is 84.9 Å². The van der Waals surface area contributed by atoms with Crippen LogP contribution in [0.3, 0.4) is 0 Å². The standard InChI is InChI=1S/C44H65N3.3ClH.V/c1-8-14-20-35-28-37(22-16-10-3)43(38(29-35)23-17-11-4)45-32-41-26-34(7)27-42(47-41)33-46-44-39(24-18-12-5)30-36(21-15-9-2)31-40(44)25-19-13-6;;;;/h26-33H,8-25H2,1-7H3;3*1H;/p-3. The van der Waals surface area contributed by atoms with Gasteiger partial charge in [-0.05, 0) is 135 Å². The molecule has 0 unspecified atom stereocenters. The van der Waals surface area contributed by atoms with E-state index in [1.54, 1.807) is 0 Å². The molecule has 0 aliphatic rings. The average molecular weight is 793 g/mol. The van der Waals surface area contributed by atoms with E-state index in [0.29, 0.717) is 0 Å². The van der Waals surface area contributed by atoms with Crippen molar-refractivity contribution in [3.8, 4) is 0 Å². The van der Waals surface area contributed by atoms with Crippen LogP contribution in [0, 0.1) is 6.92 Å². The van der Waals surface area contributed by atoms with Crippen molar-refractivity contribution in [2.24, 2.45) is 9.98 Å². The van der Waals surface area contributed by atoms with Crippen LogP contribution in [0.25, 0.3) is 0 Å². The largest absolute Gasteiger partial charge is 1.00 e. The van der Waals surface area contributed by atoms with Gasteiger partial charge in [0, 0.05) is 18.6 Å². The quantitative estimate of drug-likeness (QED) is 0.142. The second-order valence-corrected chi connectivity index (χ2v) is 13.7. The van der Waals surface area contributed by atoms with E-state index < -0.39 is 0 Å². The molecule has 2 aromatic carbocycles. The fourth-order valence-corrected chi connectivity index (χ4v) is 6.39. The number of unbranched alkanes of at least 4 members (excludes halogenated alkanes) is 6. The van der Waals surface area contributed by atoms with Crippen LogP contribution in [0.1, 0.15) is 169 Å². The Kier molecular flexibility index (Phi) is 30.1. The Morgan fingerprint density at radius 3 is 1.00 bits per heavy atom. The van der Waals surface area contributed by atoms with Gasteiger partial charge in [-0.15, -0.1) is 0 Å². The van der Waals surface area contributed by atoms with E-state index in [0.717, 1.165) is 49.9 Å². The van der Waals surface area contributed by atoms with Crippen LogP contribution in [-0.4, -0.2) is 17.4 Å². The number of rotatable bonds is 22. The normalized spacial score (nSPS) is 10.9. The molecule has 0 saturated heterocycles. The molecule has 0 fully saturated rings. The fraction of sp³-hybridized carbons (Fsp3) is 0.568. The summed E-state index contributed by atoms with van der Waals surface area (Å²) in [5.41, 5.74) is 13.9. The third-order valence-corrected chi connectivity index (χ3v) is 9.15. The number of pyridine rings is 1. The number of nitrogens with zero attached hydrogens (tertiary/aromatic N) is 3. The van der Waals surface area contributed by atoms with E-state index in [9.17, 15) is 0 Å². The molecule has 3 aromatic rings. The zero-order valence-electron chi connectivity index (χ0n) is 32.8. The molecule has 0 spiro atoms. The summed E-state index contributed by atoms with van der Waals surface area (Å²) in [7, 11) is 0. The van der Waals surface area contributed by atoms with Gasteiger partial charge in [0.15, 0.2) is 0 Å². The molecule has 0 atom stereocenters. The molecule has 1 heterocycles. The SMILES string of the molecule is CCCCc1cc(CCCC)c(N=Cc2cc(C)cc(C=Nc3c(CCCC)cc(CCCC)cc3CCCC)n2)c(CCCC)c1.[Cl-].[Cl-].[Cl-].[V].